The highest BCUT2D eigenvalue weighted by atomic mass is 32.2. The molecule has 5 aromatic rings. The van der Waals surface area contributed by atoms with E-state index in [0.717, 1.165) is 38.5 Å². The summed E-state index contributed by atoms with van der Waals surface area (Å²) in [6.45, 7) is 13.5. The molecule has 1 aliphatic heterocycles. The topological polar surface area (TPSA) is 26.3 Å². The number of thioether (sulfide) groups is 1. The van der Waals surface area contributed by atoms with Crippen molar-refractivity contribution in [3.05, 3.63) is 167 Å². The van der Waals surface area contributed by atoms with Crippen LogP contribution in [0, 0.1) is 0 Å². The Bertz CT molecular complexity index is 1950. The van der Waals surface area contributed by atoms with Gasteiger partial charge in [0.15, 0.2) is 16.1 Å². The highest BCUT2D eigenvalue weighted by Crippen LogP contribution is 2.71. The number of hydrogen-bond acceptors (Lipinski definition) is 3. The molecule has 0 saturated carbocycles. The molecule has 0 spiro atoms. The Labute approximate surface area is 277 Å². The van der Waals surface area contributed by atoms with Gasteiger partial charge in [0.25, 0.3) is 0 Å². The van der Waals surface area contributed by atoms with E-state index in [-0.39, 0.29) is 16.6 Å². The summed E-state index contributed by atoms with van der Waals surface area (Å²) in [7, 11) is 0. The van der Waals surface area contributed by atoms with E-state index in [2.05, 4.69) is 126 Å². The van der Waals surface area contributed by atoms with Crippen LogP contribution in [0.5, 0.6) is 5.75 Å². The Balaban J connectivity index is 1.70. The Morgan fingerprint density at radius 2 is 1.09 bits per heavy atom. The molecule has 230 valence electrons. The molecule has 1 heterocycles. The molecule has 3 heteroatoms. The van der Waals surface area contributed by atoms with E-state index in [4.69, 9.17) is 4.74 Å². The molecule has 0 amide bonds. The van der Waals surface area contributed by atoms with Crippen LogP contribution in [0.15, 0.2) is 138 Å². The van der Waals surface area contributed by atoms with Gasteiger partial charge in [-0.25, -0.2) is 0 Å². The van der Waals surface area contributed by atoms with Crippen LogP contribution < -0.4 is 4.74 Å². The van der Waals surface area contributed by atoms with Gasteiger partial charge in [0.05, 0.1) is 4.90 Å². The first-order valence-electron chi connectivity index (χ1n) is 16.1. The Kier molecular flexibility index (Phi) is 7.17. The number of ether oxygens (including phenoxy) is 1. The van der Waals surface area contributed by atoms with Crippen molar-refractivity contribution in [3.63, 3.8) is 0 Å². The molecule has 2 unspecified atom stereocenters. The Hall–Kier alpha value is -4.34. The molecule has 0 radical (unpaired) electrons. The molecule has 0 N–H and O–H groups in total. The van der Waals surface area contributed by atoms with E-state index in [9.17, 15) is 0 Å². The van der Waals surface area contributed by atoms with Crippen LogP contribution in [0.2, 0.25) is 0 Å². The van der Waals surface area contributed by atoms with E-state index in [1.54, 1.807) is 11.8 Å². The zero-order valence-electron chi connectivity index (χ0n) is 27.4. The summed E-state index contributed by atoms with van der Waals surface area (Å²) in [6, 6.07) is 45.8. The van der Waals surface area contributed by atoms with Gasteiger partial charge < -0.3 is 4.74 Å². The minimum absolute atomic E-state index is 0.0583. The first-order valence-corrected chi connectivity index (χ1v) is 16.9. The van der Waals surface area contributed by atoms with Gasteiger partial charge in [-0.15, -0.1) is 0 Å². The molecule has 2 aliphatic rings. The number of Topliss-reactive ketones (excluding diaryl/α,β-unsaturated/α-hetero) is 1. The molecule has 0 fully saturated rings. The van der Waals surface area contributed by atoms with Gasteiger partial charge in [-0.05, 0) is 44.7 Å². The lowest BCUT2D eigenvalue weighted by Gasteiger charge is -2.51. The third-order valence-corrected chi connectivity index (χ3v) is 11.0. The lowest BCUT2D eigenvalue weighted by Crippen LogP contribution is -2.54. The first kappa shape index (κ1) is 30.3. The molecule has 2 atom stereocenters. The highest BCUT2D eigenvalue weighted by molar-refractivity contribution is 8.01. The summed E-state index contributed by atoms with van der Waals surface area (Å²) < 4.78 is 6.60. The van der Waals surface area contributed by atoms with Crippen molar-refractivity contribution < 1.29 is 9.53 Å². The fraction of sp³-hybridized carbons (Fsp3) is 0.233. The molecule has 0 saturated heterocycles. The second-order valence-corrected chi connectivity index (χ2v) is 15.7. The standard InChI is InChI=1S/C43H40O2S/c1-40(2,3)33-27-34(41(4,5)6)38-35(28-33)45-42(31-23-15-9-16-24-31)37(30-21-13-8-14-22-30)36(29-19-11-7-12-20-29)39(44)43(42,46-38)32-25-17-10-18-26-32/h7-28H,1-6H3. The number of rotatable bonds is 4. The zero-order chi connectivity index (χ0) is 32.3. The van der Waals surface area contributed by atoms with Gasteiger partial charge in [0.2, 0.25) is 0 Å². The van der Waals surface area contributed by atoms with Crippen molar-refractivity contribution >= 4 is 28.7 Å². The van der Waals surface area contributed by atoms with Crippen molar-refractivity contribution in [3.8, 4) is 5.75 Å². The van der Waals surface area contributed by atoms with Crippen molar-refractivity contribution in [2.75, 3.05) is 0 Å². The van der Waals surface area contributed by atoms with Crippen LogP contribution in [0.3, 0.4) is 0 Å². The maximum absolute atomic E-state index is 15.9. The summed E-state index contributed by atoms with van der Waals surface area (Å²) in [4.78, 5) is 16.9. The van der Waals surface area contributed by atoms with Gasteiger partial charge in [-0.2, -0.15) is 0 Å². The van der Waals surface area contributed by atoms with Gasteiger partial charge in [0.1, 0.15) is 5.75 Å². The van der Waals surface area contributed by atoms with Gasteiger partial charge in [-0.3, -0.25) is 4.79 Å². The van der Waals surface area contributed by atoms with Crippen LogP contribution in [0.25, 0.3) is 11.1 Å². The summed E-state index contributed by atoms with van der Waals surface area (Å²) in [5.41, 5.74) is 6.29. The molecule has 46 heavy (non-hydrogen) atoms. The van der Waals surface area contributed by atoms with Gasteiger partial charge in [-0.1, -0.05) is 181 Å². The maximum Gasteiger partial charge on any atom is 0.189 e. The number of carbonyl (C=O) groups excluding carboxylic acids is 1. The normalized spacial score (nSPS) is 21.0. The number of ketones is 1. The third-order valence-electron chi connectivity index (χ3n) is 9.38. The van der Waals surface area contributed by atoms with Crippen molar-refractivity contribution in [2.45, 2.75) is 67.6 Å². The fourth-order valence-electron chi connectivity index (χ4n) is 7.11. The Morgan fingerprint density at radius 3 is 1.61 bits per heavy atom. The number of allylic oxidation sites excluding steroid dienone is 1. The number of hydrogen-bond donors (Lipinski definition) is 0. The summed E-state index contributed by atoms with van der Waals surface area (Å²) in [5, 5.41) is 0. The maximum atomic E-state index is 15.9. The molecule has 2 nitrogen and oxygen atoms in total. The van der Waals surface area contributed by atoms with E-state index in [1.165, 1.54) is 11.1 Å². The second kappa shape index (κ2) is 10.9. The molecule has 0 aromatic heterocycles. The minimum atomic E-state index is -1.18. The molecule has 1 aliphatic carbocycles. The first-order chi connectivity index (χ1) is 22.0. The SMILES string of the molecule is CC(C)(C)c1cc2c(c(C(C)(C)C)c1)SC1(c3ccccc3)C(=O)C(c3ccccc3)=C(c3ccccc3)C1(c1ccccc1)O2. The lowest BCUT2D eigenvalue weighted by molar-refractivity contribution is -0.119. The molecule has 0 bridgehead atoms. The van der Waals surface area contributed by atoms with Gasteiger partial charge in [0, 0.05) is 16.7 Å². The zero-order valence-corrected chi connectivity index (χ0v) is 28.2. The fourth-order valence-corrected chi connectivity index (χ4v) is 8.95. The predicted octanol–water partition coefficient (Wildman–Crippen LogP) is 10.8. The van der Waals surface area contributed by atoms with Crippen LogP contribution in [0.4, 0.5) is 0 Å². The van der Waals surface area contributed by atoms with E-state index in [1.807, 2.05) is 48.5 Å². The lowest BCUT2D eigenvalue weighted by atomic mass is 9.72. The average Bonchev–Trinajstić information content (AvgIpc) is 3.29. The summed E-state index contributed by atoms with van der Waals surface area (Å²) >= 11 is 1.68. The predicted molar refractivity (Wildman–Crippen MR) is 191 cm³/mol. The summed E-state index contributed by atoms with van der Waals surface area (Å²) in [5.74, 6) is 0.885. The largest absolute Gasteiger partial charge is 0.474 e. The van der Waals surface area contributed by atoms with Crippen molar-refractivity contribution in [1.82, 2.24) is 0 Å². The second-order valence-electron chi connectivity index (χ2n) is 14.5. The molecule has 7 rings (SSSR count). The number of benzene rings is 5. The van der Waals surface area contributed by atoms with Crippen LogP contribution in [-0.2, 0) is 26.0 Å². The van der Waals surface area contributed by atoms with Crippen molar-refractivity contribution in [2.24, 2.45) is 0 Å². The average molecular weight is 621 g/mol. The molecular weight excluding hydrogens is 581 g/mol. The van der Waals surface area contributed by atoms with Crippen LogP contribution in [-0.4, -0.2) is 5.78 Å². The molecular formula is C43H40O2S. The van der Waals surface area contributed by atoms with Gasteiger partial charge >= 0.3 is 0 Å². The van der Waals surface area contributed by atoms with Crippen LogP contribution >= 0.6 is 11.8 Å². The van der Waals surface area contributed by atoms with E-state index in [0.29, 0.717) is 5.57 Å². The quantitative estimate of drug-likeness (QED) is 0.200. The summed E-state index contributed by atoms with van der Waals surface area (Å²) in [6.07, 6.45) is 0. The third kappa shape index (κ3) is 4.51. The van der Waals surface area contributed by atoms with Crippen LogP contribution in [0.1, 0.15) is 74.9 Å². The van der Waals surface area contributed by atoms with Crippen molar-refractivity contribution in [1.29, 1.82) is 0 Å². The number of fused-ring (bicyclic) bond motifs is 2. The molecule has 5 aromatic carbocycles. The smallest absolute Gasteiger partial charge is 0.189 e. The monoisotopic (exact) mass is 620 g/mol. The van der Waals surface area contributed by atoms with E-state index >= 15 is 4.79 Å². The highest BCUT2D eigenvalue weighted by Gasteiger charge is 2.71. The number of carbonyl (C=O) groups is 1. The Morgan fingerprint density at radius 1 is 0.587 bits per heavy atom. The van der Waals surface area contributed by atoms with E-state index < -0.39 is 10.3 Å². The minimum Gasteiger partial charge on any atom is -0.474 e.